The summed E-state index contributed by atoms with van der Waals surface area (Å²) in [6.07, 6.45) is 2.48. The van der Waals surface area contributed by atoms with Crippen LogP contribution in [0.1, 0.15) is 50.0 Å². The summed E-state index contributed by atoms with van der Waals surface area (Å²) in [5.41, 5.74) is 3.47. The number of ether oxygens (including phenoxy) is 1. The van der Waals surface area contributed by atoms with Crippen LogP contribution in [0.5, 0.6) is 0 Å². The van der Waals surface area contributed by atoms with Crippen LogP contribution in [0.15, 0.2) is 54.1 Å². The van der Waals surface area contributed by atoms with Crippen LogP contribution >= 0.6 is 0 Å². The maximum absolute atomic E-state index is 13.4. The standard InChI is InChI=1S/C26H31FO3Si/c1-25(2,3)31(5,6)30-23-20-9-7-8-10-21(20)26(24(28)29-4)16-18(22(23)26)15-17-11-13-19(27)14-12-17/h7-15,22-23H,16H2,1-6H3/b18-15+/t22-,23+,26-/m1/s1. The molecule has 164 valence electrons. The molecule has 0 amide bonds. The van der Waals surface area contributed by atoms with E-state index in [1.807, 2.05) is 18.2 Å². The molecule has 5 heteroatoms. The molecule has 0 aromatic heterocycles. The second-order valence-electron chi connectivity index (χ2n) is 10.3. The van der Waals surface area contributed by atoms with Gasteiger partial charge in [0.05, 0.1) is 13.2 Å². The fourth-order valence-electron chi connectivity index (χ4n) is 4.80. The van der Waals surface area contributed by atoms with E-state index in [9.17, 15) is 9.18 Å². The Morgan fingerprint density at radius 3 is 2.39 bits per heavy atom. The Hall–Kier alpha value is -2.24. The summed E-state index contributed by atoms with van der Waals surface area (Å²) in [5.74, 6) is -0.578. The van der Waals surface area contributed by atoms with Crippen molar-refractivity contribution < 1.29 is 18.3 Å². The van der Waals surface area contributed by atoms with E-state index in [2.05, 4.69) is 46.0 Å². The van der Waals surface area contributed by atoms with Crippen molar-refractivity contribution in [2.75, 3.05) is 7.11 Å². The van der Waals surface area contributed by atoms with Crippen molar-refractivity contribution in [3.8, 4) is 0 Å². The molecule has 0 spiro atoms. The molecule has 31 heavy (non-hydrogen) atoms. The smallest absolute Gasteiger partial charge is 0.317 e. The predicted octanol–water partition coefficient (Wildman–Crippen LogP) is 6.42. The zero-order valence-corrected chi connectivity index (χ0v) is 20.2. The van der Waals surface area contributed by atoms with Crippen molar-refractivity contribution in [2.45, 2.75) is 56.8 Å². The monoisotopic (exact) mass is 438 g/mol. The van der Waals surface area contributed by atoms with Gasteiger partial charge in [-0.05, 0) is 53.4 Å². The first-order valence-corrected chi connectivity index (χ1v) is 13.7. The Morgan fingerprint density at radius 2 is 1.77 bits per heavy atom. The number of carbonyl (C=O) groups is 1. The molecule has 1 saturated carbocycles. The molecule has 2 aliphatic rings. The lowest BCUT2D eigenvalue weighted by atomic mass is 9.56. The molecular weight excluding hydrogens is 407 g/mol. The highest BCUT2D eigenvalue weighted by atomic mass is 28.4. The summed E-state index contributed by atoms with van der Waals surface area (Å²) in [7, 11) is -0.653. The van der Waals surface area contributed by atoms with Gasteiger partial charge in [-0.25, -0.2) is 4.39 Å². The zero-order valence-electron chi connectivity index (χ0n) is 19.2. The van der Waals surface area contributed by atoms with Crippen LogP contribution in [0.4, 0.5) is 4.39 Å². The summed E-state index contributed by atoms with van der Waals surface area (Å²) in [6, 6.07) is 14.6. The van der Waals surface area contributed by atoms with Gasteiger partial charge in [-0.1, -0.05) is 68.8 Å². The largest absolute Gasteiger partial charge is 0.468 e. The van der Waals surface area contributed by atoms with E-state index in [0.717, 1.165) is 22.3 Å². The number of hydrogen-bond acceptors (Lipinski definition) is 3. The highest BCUT2D eigenvalue weighted by Crippen LogP contribution is 2.66. The molecule has 3 nitrogen and oxygen atoms in total. The lowest BCUT2D eigenvalue weighted by molar-refractivity contribution is -0.153. The zero-order chi connectivity index (χ0) is 22.6. The van der Waals surface area contributed by atoms with Crippen molar-refractivity contribution in [3.63, 3.8) is 0 Å². The molecular formula is C26H31FO3Si. The van der Waals surface area contributed by atoms with E-state index in [-0.39, 0.29) is 28.8 Å². The first kappa shape index (κ1) is 22.0. The lowest BCUT2D eigenvalue weighted by Crippen LogP contribution is -2.53. The van der Waals surface area contributed by atoms with E-state index in [4.69, 9.17) is 9.16 Å². The summed E-state index contributed by atoms with van der Waals surface area (Å²) in [4.78, 5) is 13.2. The van der Waals surface area contributed by atoms with E-state index in [1.54, 1.807) is 12.1 Å². The van der Waals surface area contributed by atoms with Gasteiger partial charge >= 0.3 is 5.97 Å². The van der Waals surface area contributed by atoms with Gasteiger partial charge in [0.15, 0.2) is 8.32 Å². The van der Waals surface area contributed by atoms with Crippen molar-refractivity contribution in [3.05, 3.63) is 76.6 Å². The minimum atomic E-state index is -2.11. The molecule has 4 rings (SSSR count). The van der Waals surface area contributed by atoms with Gasteiger partial charge in [-0.15, -0.1) is 0 Å². The minimum absolute atomic E-state index is 0.0447. The Kier molecular flexibility index (Phi) is 5.26. The number of esters is 1. The molecule has 0 N–H and O–H groups in total. The third-order valence-electron chi connectivity index (χ3n) is 7.46. The van der Waals surface area contributed by atoms with E-state index < -0.39 is 13.7 Å². The van der Waals surface area contributed by atoms with Crippen molar-refractivity contribution >= 4 is 20.4 Å². The Morgan fingerprint density at radius 1 is 1.13 bits per heavy atom. The summed E-state index contributed by atoms with van der Waals surface area (Å²) >= 11 is 0. The van der Waals surface area contributed by atoms with Crippen molar-refractivity contribution in [2.24, 2.45) is 5.92 Å². The number of methoxy groups -OCH3 is 1. The lowest BCUT2D eigenvalue weighted by Gasteiger charge is -2.49. The van der Waals surface area contributed by atoms with Gasteiger partial charge < -0.3 is 9.16 Å². The summed E-state index contributed by atoms with van der Waals surface area (Å²) < 4.78 is 25.7. The number of fused-ring (bicyclic) bond motifs is 3. The first-order chi connectivity index (χ1) is 14.5. The maximum Gasteiger partial charge on any atom is 0.317 e. The topological polar surface area (TPSA) is 35.5 Å². The number of carbonyl (C=O) groups excluding carboxylic acids is 1. The average molecular weight is 439 g/mol. The normalized spacial score (nSPS) is 26.2. The summed E-state index contributed by atoms with van der Waals surface area (Å²) in [5, 5.41) is 0.0447. The minimum Gasteiger partial charge on any atom is -0.468 e. The Bertz CT molecular complexity index is 1040. The average Bonchev–Trinajstić information content (AvgIpc) is 2.91. The van der Waals surface area contributed by atoms with Crippen LogP contribution in [0.3, 0.4) is 0 Å². The molecule has 0 heterocycles. The molecule has 1 fully saturated rings. The molecule has 0 unspecified atom stereocenters. The van der Waals surface area contributed by atoms with Crippen molar-refractivity contribution in [1.29, 1.82) is 0 Å². The molecule has 2 aromatic carbocycles. The number of halogens is 1. The summed E-state index contributed by atoms with van der Waals surface area (Å²) in [6.45, 7) is 11.2. The van der Waals surface area contributed by atoms with E-state index in [1.165, 1.54) is 19.2 Å². The fraction of sp³-hybridized carbons (Fsp3) is 0.423. The van der Waals surface area contributed by atoms with Gasteiger partial charge in [-0.3, -0.25) is 4.79 Å². The van der Waals surface area contributed by atoms with E-state index in [0.29, 0.717) is 6.42 Å². The van der Waals surface area contributed by atoms with Crippen LogP contribution in [0.2, 0.25) is 18.1 Å². The molecule has 0 bridgehead atoms. The number of rotatable bonds is 4. The van der Waals surface area contributed by atoms with Gasteiger partial charge in [-0.2, -0.15) is 0 Å². The number of benzene rings is 2. The van der Waals surface area contributed by atoms with Crippen LogP contribution in [0.25, 0.3) is 6.08 Å². The second kappa shape index (κ2) is 7.42. The van der Waals surface area contributed by atoms with Gasteiger partial charge in [0.25, 0.3) is 0 Å². The molecule has 0 saturated heterocycles. The third kappa shape index (κ3) is 3.38. The van der Waals surface area contributed by atoms with Gasteiger partial charge in [0.2, 0.25) is 0 Å². The van der Waals surface area contributed by atoms with Crippen LogP contribution < -0.4 is 0 Å². The Balaban J connectivity index is 1.83. The highest BCUT2D eigenvalue weighted by molar-refractivity contribution is 6.74. The maximum atomic E-state index is 13.4. The van der Waals surface area contributed by atoms with Gasteiger partial charge in [0, 0.05) is 5.92 Å². The fourth-order valence-corrected chi connectivity index (χ4v) is 6.06. The number of hydrogen-bond donors (Lipinski definition) is 0. The first-order valence-electron chi connectivity index (χ1n) is 10.8. The quantitative estimate of drug-likeness (QED) is 0.408. The van der Waals surface area contributed by atoms with Gasteiger partial charge in [0.1, 0.15) is 11.2 Å². The third-order valence-corrected chi connectivity index (χ3v) is 11.9. The highest BCUT2D eigenvalue weighted by Gasteiger charge is 2.66. The molecule has 0 aliphatic heterocycles. The molecule has 2 aromatic rings. The van der Waals surface area contributed by atoms with Crippen LogP contribution in [-0.2, 0) is 19.4 Å². The second-order valence-corrected chi connectivity index (χ2v) is 15.0. The Labute approximate surface area is 185 Å². The van der Waals surface area contributed by atoms with Crippen LogP contribution in [0, 0.1) is 11.7 Å². The van der Waals surface area contributed by atoms with Crippen LogP contribution in [-0.4, -0.2) is 21.4 Å². The predicted molar refractivity (Wildman–Crippen MR) is 124 cm³/mol. The molecule has 0 radical (unpaired) electrons. The SMILES string of the molecule is COC(=O)[C@@]12C/C(=C\c3ccc(F)cc3)[C@@H]1[C@@H](O[Si](C)(C)C(C)(C)C)c1ccccc12. The molecule has 3 atom stereocenters. The van der Waals surface area contributed by atoms with E-state index >= 15 is 0 Å². The van der Waals surface area contributed by atoms with Crippen molar-refractivity contribution in [1.82, 2.24) is 0 Å². The molecule has 2 aliphatic carbocycles.